The fourth-order valence-corrected chi connectivity index (χ4v) is 2.31. The van der Waals surface area contributed by atoms with E-state index in [1.54, 1.807) is 6.07 Å². The van der Waals surface area contributed by atoms with Crippen LogP contribution in [-0.2, 0) is 11.3 Å². The third-order valence-electron chi connectivity index (χ3n) is 3.38. The molecule has 1 saturated heterocycles. The SMILES string of the molecule is CC(C)NCc1cc(F)cc(OCCC2CCCO2)c1. The van der Waals surface area contributed by atoms with Gasteiger partial charge in [-0.25, -0.2) is 4.39 Å². The number of benzene rings is 1. The minimum absolute atomic E-state index is 0.250. The Morgan fingerprint density at radius 2 is 2.25 bits per heavy atom. The summed E-state index contributed by atoms with van der Waals surface area (Å²) < 4.78 is 24.7. The van der Waals surface area contributed by atoms with Gasteiger partial charge in [-0.2, -0.15) is 0 Å². The normalized spacial score (nSPS) is 18.7. The molecule has 0 amide bonds. The highest BCUT2D eigenvalue weighted by Crippen LogP contribution is 2.19. The van der Waals surface area contributed by atoms with Crippen molar-refractivity contribution < 1.29 is 13.9 Å². The lowest BCUT2D eigenvalue weighted by molar-refractivity contribution is 0.0903. The molecule has 1 N–H and O–H groups in total. The molecule has 1 aliphatic heterocycles. The van der Waals surface area contributed by atoms with Gasteiger partial charge in [0.15, 0.2) is 0 Å². The molecule has 112 valence electrons. The van der Waals surface area contributed by atoms with E-state index in [1.165, 1.54) is 6.07 Å². The molecule has 4 heteroatoms. The molecule has 1 fully saturated rings. The summed E-state index contributed by atoms with van der Waals surface area (Å²) in [5.41, 5.74) is 0.908. The van der Waals surface area contributed by atoms with Crippen molar-refractivity contribution in [2.24, 2.45) is 0 Å². The lowest BCUT2D eigenvalue weighted by Crippen LogP contribution is -2.21. The fraction of sp³-hybridized carbons (Fsp3) is 0.625. The van der Waals surface area contributed by atoms with E-state index in [0.717, 1.165) is 31.4 Å². The van der Waals surface area contributed by atoms with Crippen molar-refractivity contribution in [1.82, 2.24) is 5.32 Å². The third-order valence-corrected chi connectivity index (χ3v) is 3.38. The van der Waals surface area contributed by atoms with Crippen molar-refractivity contribution in [3.63, 3.8) is 0 Å². The fourth-order valence-electron chi connectivity index (χ4n) is 2.31. The van der Waals surface area contributed by atoms with E-state index in [-0.39, 0.29) is 5.82 Å². The summed E-state index contributed by atoms with van der Waals surface area (Å²) in [5, 5.41) is 3.27. The van der Waals surface area contributed by atoms with Crippen LogP contribution in [0.4, 0.5) is 4.39 Å². The lowest BCUT2D eigenvalue weighted by Gasteiger charge is -2.13. The number of halogens is 1. The Balaban J connectivity index is 1.83. The van der Waals surface area contributed by atoms with Crippen molar-refractivity contribution in [3.05, 3.63) is 29.6 Å². The lowest BCUT2D eigenvalue weighted by atomic mass is 10.2. The molecule has 1 aromatic rings. The maximum atomic E-state index is 13.5. The summed E-state index contributed by atoms with van der Waals surface area (Å²) in [4.78, 5) is 0. The molecule has 3 nitrogen and oxygen atoms in total. The highest BCUT2D eigenvalue weighted by Gasteiger charge is 2.15. The molecular formula is C16H24FNO2. The predicted molar refractivity (Wildman–Crippen MR) is 77.5 cm³/mol. The Labute approximate surface area is 120 Å². The molecule has 1 aliphatic rings. The molecule has 1 unspecified atom stereocenters. The van der Waals surface area contributed by atoms with Crippen LogP contribution in [0, 0.1) is 5.82 Å². The van der Waals surface area contributed by atoms with Crippen LogP contribution in [0.1, 0.15) is 38.7 Å². The van der Waals surface area contributed by atoms with Crippen LogP contribution < -0.4 is 10.1 Å². The predicted octanol–water partition coefficient (Wildman–Crippen LogP) is 3.27. The maximum absolute atomic E-state index is 13.5. The molecule has 2 rings (SSSR count). The zero-order valence-corrected chi connectivity index (χ0v) is 12.3. The molecule has 0 bridgehead atoms. The molecule has 1 heterocycles. The summed E-state index contributed by atoms with van der Waals surface area (Å²) in [6, 6.07) is 5.26. The molecular weight excluding hydrogens is 257 g/mol. The van der Waals surface area contributed by atoms with Crippen LogP contribution in [0.15, 0.2) is 18.2 Å². The summed E-state index contributed by atoms with van der Waals surface area (Å²) >= 11 is 0. The van der Waals surface area contributed by atoms with E-state index in [4.69, 9.17) is 9.47 Å². The second kappa shape index (κ2) is 7.60. The molecule has 0 saturated carbocycles. The molecule has 0 spiro atoms. The summed E-state index contributed by atoms with van der Waals surface area (Å²) in [6.45, 7) is 6.22. The minimum atomic E-state index is -0.250. The van der Waals surface area contributed by atoms with E-state index in [9.17, 15) is 4.39 Å². The van der Waals surface area contributed by atoms with Crippen LogP contribution in [0.25, 0.3) is 0 Å². The molecule has 20 heavy (non-hydrogen) atoms. The van der Waals surface area contributed by atoms with E-state index >= 15 is 0 Å². The van der Waals surface area contributed by atoms with E-state index in [2.05, 4.69) is 19.2 Å². The number of rotatable bonds is 7. The van der Waals surface area contributed by atoms with Gasteiger partial charge >= 0.3 is 0 Å². The maximum Gasteiger partial charge on any atom is 0.127 e. The van der Waals surface area contributed by atoms with Gasteiger partial charge in [-0.1, -0.05) is 13.8 Å². The van der Waals surface area contributed by atoms with Gasteiger partial charge in [-0.15, -0.1) is 0 Å². The van der Waals surface area contributed by atoms with Gasteiger partial charge in [0.05, 0.1) is 12.7 Å². The first-order valence-electron chi connectivity index (χ1n) is 7.41. The number of nitrogens with one attached hydrogen (secondary N) is 1. The van der Waals surface area contributed by atoms with Crippen LogP contribution in [0.2, 0.25) is 0 Å². The Hall–Kier alpha value is -1.13. The average molecular weight is 281 g/mol. The first kappa shape index (κ1) is 15.3. The molecule has 0 aliphatic carbocycles. The van der Waals surface area contributed by atoms with E-state index in [0.29, 0.717) is 31.0 Å². The first-order chi connectivity index (χ1) is 9.63. The Morgan fingerprint density at radius 3 is 2.95 bits per heavy atom. The third kappa shape index (κ3) is 5.10. The highest BCUT2D eigenvalue weighted by molar-refractivity contribution is 5.29. The van der Waals surface area contributed by atoms with Gasteiger partial charge in [0, 0.05) is 31.7 Å². The van der Waals surface area contributed by atoms with Gasteiger partial charge in [-0.3, -0.25) is 0 Å². The smallest absolute Gasteiger partial charge is 0.127 e. The summed E-state index contributed by atoms with van der Waals surface area (Å²) in [6.07, 6.45) is 3.42. The van der Waals surface area contributed by atoms with Crippen molar-refractivity contribution in [3.8, 4) is 5.75 Å². The zero-order chi connectivity index (χ0) is 14.4. The molecule has 1 atom stereocenters. The van der Waals surface area contributed by atoms with Gasteiger partial charge in [0.25, 0.3) is 0 Å². The second-order valence-electron chi connectivity index (χ2n) is 5.60. The monoisotopic (exact) mass is 281 g/mol. The minimum Gasteiger partial charge on any atom is -0.493 e. The van der Waals surface area contributed by atoms with Gasteiger partial charge in [0.1, 0.15) is 11.6 Å². The molecule has 0 radical (unpaired) electrons. The van der Waals surface area contributed by atoms with E-state index < -0.39 is 0 Å². The largest absolute Gasteiger partial charge is 0.493 e. The first-order valence-corrected chi connectivity index (χ1v) is 7.41. The van der Waals surface area contributed by atoms with Gasteiger partial charge in [0.2, 0.25) is 0 Å². The number of hydrogen-bond acceptors (Lipinski definition) is 3. The second-order valence-corrected chi connectivity index (χ2v) is 5.60. The van der Waals surface area contributed by atoms with Crippen LogP contribution in [0.3, 0.4) is 0 Å². The van der Waals surface area contributed by atoms with Crippen LogP contribution in [0.5, 0.6) is 5.75 Å². The van der Waals surface area contributed by atoms with Crippen molar-refractivity contribution >= 4 is 0 Å². The van der Waals surface area contributed by atoms with Crippen molar-refractivity contribution in [1.29, 1.82) is 0 Å². The van der Waals surface area contributed by atoms with E-state index in [1.807, 2.05) is 6.07 Å². The Kier molecular flexibility index (Phi) is 5.80. The highest BCUT2D eigenvalue weighted by atomic mass is 19.1. The quantitative estimate of drug-likeness (QED) is 0.832. The summed E-state index contributed by atoms with van der Waals surface area (Å²) in [7, 11) is 0. The Bertz CT molecular complexity index is 417. The standard InChI is InChI=1S/C16H24FNO2/c1-12(2)18-11-13-8-14(17)10-16(9-13)20-7-5-15-4-3-6-19-15/h8-10,12,15,18H,3-7,11H2,1-2H3. The van der Waals surface area contributed by atoms with Gasteiger partial charge < -0.3 is 14.8 Å². The van der Waals surface area contributed by atoms with Crippen LogP contribution >= 0.6 is 0 Å². The Morgan fingerprint density at radius 1 is 1.40 bits per heavy atom. The van der Waals surface area contributed by atoms with Crippen molar-refractivity contribution in [2.45, 2.75) is 51.8 Å². The van der Waals surface area contributed by atoms with Crippen molar-refractivity contribution in [2.75, 3.05) is 13.2 Å². The topological polar surface area (TPSA) is 30.5 Å². The molecule has 1 aromatic carbocycles. The number of hydrogen-bond donors (Lipinski definition) is 1. The average Bonchev–Trinajstić information content (AvgIpc) is 2.89. The molecule has 0 aromatic heterocycles. The van der Waals surface area contributed by atoms with Gasteiger partial charge in [-0.05, 0) is 30.5 Å². The zero-order valence-electron chi connectivity index (χ0n) is 12.3. The number of ether oxygens (including phenoxy) is 2. The summed E-state index contributed by atoms with van der Waals surface area (Å²) in [5.74, 6) is 0.351. The van der Waals surface area contributed by atoms with Crippen LogP contribution in [-0.4, -0.2) is 25.4 Å².